The molecule has 0 radical (unpaired) electrons. The highest BCUT2D eigenvalue weighted by Crippen LogP contribution is 2.31. The normalized spacial score (nSPS) is 13.4. The molecular weight excluding hydrogens is 432 g/mol. The van der Waals surface area contributed by atoms with Crippen LogP contribution in [0.3, 0.4) is 0 Å². The van der Waals surface area contributed by atoms with E-state index in [1.165, 1.54) is 0 Å². The standard InChI is InChI=1S/C25H32N6O3/c1-15(2)12-25(6,31-23(32)34-24(3,4)5)14-33-19-8-7-16(11-17(19)13-26)18-9-10-28-21-20(18)29-22(27)30-21/h7-11,15H,12,14H2,1-6H3,(H,31,32)(H3,27,28,29,30)/t25-/m0/s1. The van der Waals surface area contributed by atoms with Gasteiger partial charge in [0.2, 0.25) is 0 Å². The van der Waals surface area contributed by atoms with E-state index in [0.717, 1.165) is 11.1 Å². The number of aromatic nitrogens is 3. The lowest BCUT2D eigenvalue weighted by Gasteiger charge is -2.33. The second-order valence-corrected chi connectivity index (χ2v) is 10.1. The minimum Gasteiger partial charge on any atom is -0.490 e. The minimum atomic E-state index is -0.689. The van der Waals surface area contributed by atoms with E-state index < -0.39 is 17.2 Å². The molecule has 34 heavy (non-hydrogen) atoms. The first kappa shape index (κ1) is 24.8. The molecule has 0 aliphatic rings. The van der Waals surface area contributed by atoms with Gasteiger partial charge in [-0.2, -0.15) is 5.26 Å². The second-order valence-electron chi connectivity index (χ2n) is 10.1. The van der Waals surface area contributed by atoms with Crippen LogP contribution in [0.25, 0.3) is 22.3 Å². The Kier molecular flexibility index (Phi) is 7.01. The summed E-state index contributed by atoms with van der Waals surface area (Å²) in [5, 5.41) is 12.7. The van der Waals surface area contributed by atoms with Crippen molar-refractivity contribution in [3.63, 3.8) is 0 Å². The van der Waals surface area contributed by atoms with Gasteiger partial charge in [0.05, 0.1) is 11.1 Å². The van der Waals surface area contributed by atoms with Gasteiger partial charge in [0, 0.05) is 11.8 Å². The molecule has 0 saturated heterocycles. The fourth-order valence-electron chi connectivity index (χ4n) is 3.91. The van der Waals surface area contributed by atoms with Crippen molar-refractivity contribution < 1.29 is 14.3 Å². The molecule has 4 N–H and O–H groups in total. The maximum absolute atomic E-state index is 12.4. The van der Waals surface area contributed by atoms with Gasteiger partial charge in [-0.1, -0.05) is 19.9 Å². The maximum Gasteiger partial charge on any atom is 0.408 e. The minimum absolute atomic E-state index is 0.174. The summed E-state index contributed by atoms with van der Waals surface area (Å²) in [7, 11) is 0. The van der Waals surface area contributed by atoms with Crippen LogP contribution >= 0.6 is 0 Å². The van der Waals surface area contributed by atoms with Crippen LogP contribution < -0.4 is 15.8 Å². The van der Waals surface area contributed by atoms with Gasteiger partial charge in [0.25, 0.3) is 0 Å². The zero-order valence-corrected chi connectivity index (χ0v) is 20.5. The number of carbonyl (C=O) groups excluding carboxylic acids is 1. The van der Waals surface area contributed by atoms with Crippen LogP contribution in [0.15, 0.2) is 30.5 Å². The molecule has 0 unspecified atom stereocenters. The molecule has 0 fully saturated rings. The number of ether oxygens (including phenoxy) is 2. The summed E-state index contributed by atoms with van der Waals surface area (Å²) in [5.74, 6) is 1.01. The Morgan fingerprint density at radius 1 is 1.26 bits per heavy atom. The van der Waals surface area contributed by atoms with E-state index in [4.69, 9.17) is 15.2 Å². The average Bonchev–Trinajstić information content (AvgIpc) is 3.10. The third kappa shape index (κ3) is 6.16. The number of nitrogens with two attached hydrogens (primary N) is 1. The Balaban J connectivity index is 1.83. The molecule has 3 aromatic rings. The van der Waals surface area contributed by atoms with Crippen LogP contribution in [0.5, 0.6) is 5.75 Å². The van der Waals surface area contributed by atoms with Crippen molar-refractivity contribution in [3.05, 3.63) is 36.0 Å². The molecule has 0 bridgehead atoms. The number of hydrogen-bond acceptors (Lipinski definition) is 7. The third-order valence-corrected chi connectivity index (χ3v) is 5.02. The number of carbonyl (C=O) groups is 1. The van der Waals surface area contributed by atoms with Crippen LogP contribution in [0, 0.1) is 17.2 Å². The van der Waals surface area contributed by atoms with Gasteiger partial charge in [0.15, 0.2) is 11.6 Å². The number of imidazole rings is 1. The van der Waals surface area contributed by atoms with Gasteiger partial charge in [-0.15, -0.1) is 0 Å². The Labute approximate surface area is 199 Å². The molecule has 3 rings (SSSR count). The fourth-order valence-corrected chi connectivity index (χ4v) is 3.91. The number of H-pyrrole nitrogens is 1. The summed E-state index contributed by atoms with van der Waals surface area (Å²) in [6.07, 6.45) is 1.82. The lowest BCUT2D eigenvalue weighted by Crippen LogP contribution is -2.52. The Bertz CT molecular complexity index is 1220. The topological polar surface area (TPSA) is 139 Å². The number of nitrogen functional groups attached to an aromatic ring is 1. The zero-order chi connectivity index (χ0) is 25.1. The maximum atomic E-state index is 12.4. The third-order valence-electron chi connectivity index (χ3n) is 5.02. The van der Waals surface area contributed by atoms with E-state index in [9.17, 15) is 10.1 Å². The number of nitriles is 1. The largest absolute Gasteiger partial charge is 0.490 e. The van der Waals surface area contributed by atoms with E-state index in [1.807, 2.05) is 39.8 Å². The molecule has 0 spiro atoms. The number of fused-ring (bicyclic) bond motifs is 1. The van der Waals surface area contributed by atoms with Crippen LogP contribution in [0.2, 0.25) is 0 Å². The van der Waals surface area contributed by atoms with Crippen LogP contribution in [-0.4, -0.2) is 38.8 Å². The monoisotopic (exact) mass is 464 g/mol. The van der Waals surface area contributed by atoms with Gasteiger partial charge in [-0.05, 0) is 63.8 Å². The zero-order valence-electron chi connectivity index (χ0n) is 20.5. The summed E-state index contributed by atoms with van der Waals surface area (Å²) < 4.78 is 11.5. The van der Waals surface area contributed by atoms with Gasteiger partial charge < -0.3 is 25.5 Å². The number of nitrogens with zero attached hydrogens (tertiary/aromatic N) is 3. The van der Waals surface area contributed by atoms with Crippen LogP contribution in [0.1, 0.15) is 53.5 Å². The van der Waals surface area contributed by atoms with Crippen LogP contribution in [-0.2, 0) is 4.74 Å². The van der Waals surface area contributed by atoms with Crippen molar-refractivity contribution in [3.8, 4) is 22.9 Å². The number of pyridine rings is 1. The predicted molar refractivity (Wildman–Crippen MR) is 131 cm³/mol. The highest BCUT2D eigenvalue weighted by Gasteiger charge is 2.31. The summed E-state index contributed by atoms with van der Waals surface area (Å²) >= 11 is 0. The van der Waals surface area contributed by atoms with Gasteiger partial charge >= 0.3 is 6.09 Å². The molecule has 0 saturated carbocycles. The highest BCUT2D eigenvalue weighted by atomic mass is 16.6. The molecule has 180 valence electrons. The van der Waals surface area contributed by atoms with Crippen molar-refractivity contribution in [2.45, 2.75) is 59.1 Å². The first-order valence-corrected chi connectivity index (χ1v) is 11.2. The first-order valence-electron chi connectivity index (χ1n) is 11.2. The molecule has 9 heteroatoms. The quantitative estimate of drug-likeness (QED) is 0.457. The number of benzene rings is 1. The van der Waals surface area contributed by atoms with Crippen molar-refractivity contribution in [2.24, 2.45) is 5.92 Å². The molecule has 1 atom stereocenters. The van der Waals surface area contributed by atoms with E-state index in [1.54, 1.807) is 18.3 Å². The number of hydrogen-bond donors (Lipinski definition) is 3. The van der Waals surface area contributed by atoms with Crippen molar-refractivity contribution in [1.29, 1.82) is 5.26 Å². The van der Waals surface area contributed by atoms with Gasteiger partial charge in [-0.25, -0.2) is 14.8 Å². The average molecular weight is 465 g/mol. The molecule has 9 nitrogen and oxygen atoms in total. The van der Waals surface area contributed by atoms with Gasteiger partial charge in [0.1, 0.15) is 29.5 Å². The second kappa shape index (κ2) is 9.59. The number of amides is 1. The van der Waals surface area contributed by atoms with E-state index in [-0.39, 0.29) is 12.6 Å². The molecule has 0 aliphatic carbocycles. The highest BCUT2D eigenvalue weighted by molar-refractivity contribution is 5.91. The Morgan fingerprint density at radius 3 is 2.65 bits per heavy atom. The number of aromatic amines is 1. The molecule has 2 aromatic heterocycles. The smallest absolute Gasteiger partial charge is 0.408 e. The van der Waals surface area contributed by atoms with Crippen molar-refractivity contribution in [1.82, 2.24) is 20.3 Å². The molecule has 1 aromatic carbocycles. The predicted octanol–water partition coefficient (Wildman–Crippen LogP) is 4.79. The van der Waals surface area contributed by atoms with E-state index >= 15 is 0 Å². The SMILES string of the molecule is CC(C)C[C@@](C)(COc1ccc(-c2ccnc3[nH]c(N)nc23)cc1C#N)NC(=O)OC(C)(C)C. The number of rotatable bonds is 7. The summed E-state index contributed by atoms with van der Waals surface area (Å²) in [4.78, 5) is 23.9. The Hall–Kier alpha value is -3.80. The number of nitrogens with one attached hydrogen (secondary N) is 2. The van der Waals surface area contributed by atoms with Gasteiger partial charge in [-0.3, -0.25) is 0 Å². The lowest BCUT2D eigenvalue weighted by molar-refractivity contribution is 0.0408. The molecular formula is C25H32N6O3. The van der Waals surface area contributed by atoms with E-state index in [2.05, 4.69) is 40.2 Å². The summed E-state index contributed by atoms with van der Waals surface area (Å²) in [6, 6.07) is 9.38. The van der Waals surface area contributed by atoms with Crippen LogP contribution in [0.4, 0.5) is 10.7 Å². The molecule has 2 heterocycles. The Morgan fingerprint density at radius 2 is 2.00 bits per heavy atom. The first-order chi connectivity index (χ1) is 15.9. The molecule has 0 aliphatic heterocycles. The molecule has 1 amide bonds. The van der Waals surface area contributed by atoms with Crippen molar-refractivity contribution >= 4 is 23.2 Å². The fraction of sp³-hybridized carbons (Fsp3) is 0.440. The summed E-state index contributed by atoms with van der Waals surface area (Å²) in [5.41, 5.74) is 7.66. The van der Waals surface area contributed by atoms with E-state index in [0.29, 0.717) is 34.8 Å². The van der Waals surface area contributed by atoms with Crippen molar-refractivity contribution in [2.75, 3.05) is 12.3 Å². The summed E-state index contributed by atoms with van der Waals surface area (Å²) in [6.45, 7) is 11.7. The number of alkyl carbamates (subject to hydrolysis) is 1. The lowest BCUT2D eigenvalue weighted by atomic mass is 9.91. The number of anilines is 1.